The van der Waals surface area contributed by atoms with Crippen molar-refractivity contribution in [3.05, 3.63) is 35.9 Å². The molecular formula is C15H22N2O3. The number of carbonyl (C=O) groups excluding carboxylic acids is 1. The van der Waals surface area contributed by atoms with Crippen LogP contribution in [0.1, 0.15) is 18.4 Å². The Morgan fingerprint density at radius 3 is 2.65 bits per heavy atom. The molecule has 1 aliphatic heterocycles. The monoisotopic (exact) mass is 278 g/mol. The van der Waals surface area contributed by atoms with Crippen molar-refractivity contribution in [3.63, 3.8) is 0 Å². The van der Waals surface area contributed by atoms with Gasteiger partial charge in [0.15, 0.2) is 0 Å². The number of amides is 1. The van der Waals surface area contributed by atoms with Crippen LogP contribution in [0.3, 0.4) is 0 Å². The number of aliphatic hydroxyl groups is 1. The van der Waals surface area contributed by atoms with E-state index in [2.05, 4.69) is 5.32 Å². The number of carbonyl (C=O) groups is 1. The van der Waals surface area contributed by atoms with Crippen LogP contribution in [0.15, 0.2) is 30.3 Å². The molecule has 0 bridgehead atoms. The van der Waals surface area contributed by atoms with Gasteiger partial charge >= 0.3 is 6.09 Å². The van der Waals surface area contributed by atoms with Crippen molar-refractivity contribution >= 4 is 6.09 Å². The standard InChI is InChI=1S/C15H22N2O3/c18-11-8-16-14-6-9-17(10-7-14)15(19)20-12-13-4-2-1-3-5-13/h1-5,14,16,18H,6-12H2. The Kier molecular flexibility index (Phi) is 5.83. The maximum Gasteiger partial charge on any atom is 0.410 e. The summed E-state index contributed by atoms with van der Waals surface area (Å²) in [5, 5.41) is 12.0. The molecule has 0 saturated carbocycles. The molecule has 2 N–H and O–H groups in total. The zero-order valence-electron chi connectivity index (χ0n) is 11.6. The van der Waals surface area contributed by atoms with E-state index in [1.54, 1.807) is 4.90 Å². The summed E-state index contributed by atoms with van der Waals surface area (Å²) in [6.45, 7) is 2.50. The lowest BCUT2D eigenvalue weighted by molar-refractivity contribution is 0.0849. The molecule has 0 aromatic heterocycles. The van der Waals surface area contributed by atoms with Gasteiger partial charge in [-0.1, -0.05) is 30.3 Å². The molecule has 5 heteroatoms. The number of hydrogen-bond donors (Lipinski definition) is 2. The highest BCUT2D eigenvalue weighted by atomic mass is 16.6. The van der Waals surface area contributed by atoms with E-state index >= 15 is 0 Å². The molecule has 1 amide bonds. The average molecular weight is 278 g/mol. The van der Waals surface area contributed by atoms with Gasteiger partial charge in [-0.3, -0.25) is 0 Å². The van der Waals surface area contributed by atoms with E-state index in [4.69, 9.17) is 9.84 Å². The molecule has 1 fully saturated rings. The van der Waals surface area contributed by atoms with Crippen LogP contribution in [-0.4, -0.2) is 48.4 Å². The molecule has 1 aromatic rings. The summed E-state index contributed by atoms with van der Waals surface area (Å²) in [5.41, 5.74) is 1.00. The van der Waals surface area contributed by atoms with E-state index in [0.29, 0.717) is 32.3 Å². The predicted octanol–water partition coefficient (Wildman–Crippen LogP) is 1.37. The largest absolute Gasteiger partial charge is 0.445 e. The normalized spacial score (nSPS) is 16.1. The molecule has 1 saturated heterocycles. The van der Waals surface area contributed by atoms with Crippen LogP contribution in [0.5, 0.6) is 0 Å². The summed E-state index contributed by atoms with van der Waals surface area (Å²) in [4.78, 5) is 13.7. The van der Waals surface area contributed by atoms with Gasteiger partial charge in [-0.05, 0) is 18.4 Å². The maximum atomic E-state index is 11.9. The van der Waals surface area contributed by atoms with Crippen molar-refractivity contribution in [3.8, 4) is 0 Å². The third-order valence-corrected chi connectivity index (χ3v) is 3.50. The number of benzene rings is 1. The second-order valence-electron chi connectivity index (χ2n) is 4.98. The van der Waals surface area contributed by atoms with E-state index in [1.807, 2.05) is 30.3 Å². The number of nitrogens with zero attached hydrogens (tertiary/aromatic N) is 1. The molecule has 0 atom stereocenters. The first-order valence-corrected chi connectivity index (χ1v) is 7.09. The number of ether oxygens (including phenoxy) is 1. The van der Waals surface area contributed by atoms with Gasteiger partial charge < -0.3 is 20.1 Å². The van der Waals surface area contributed by atoms with Gasteiger partial charge in [-0.2, -0.15) is 0 Å². The molecule has 5 nitrogen and oxygen atoms in total. The minimum absolute atomic E-state index is 0.152. The zero-order chi connectivity index (χ0) is 14.2. The van der Waals surface area contributed by atoms with Gasteiger partial charge in [0.05, 0.1) is 6.61 Å². The number of aliphatic hydroxyl groups excluding tert-OH is 1. The fourth-order valence-electron chi connectivity index (χ4n) is 2.35. The second kappa shape index (κ2) is 7.87. The van der Waals surface area contributed by atoms with Crippen LogP contribution >= 0.6 is 0 Å². The fraction of sp³-hybridized carbons (Fsp3) is 0.533. The number of nitrogens with one attached hydrogen (secondary N) is 1. The number of rotatable bonds is 5. The Morgan fingerprint density at radius 1 is 1.30 bits per heavy atom. The molecule has 1 aliphatic rings. The summed E-state index contributed by atoms with van der Waals surface area (Å²) in [5.74, 6) is 0. The Labute approximate surface area is 119 Å². The van der Waals surface area contributed by atoms with Crippen LogP contribution in [0, 0.1) is 0 Å². The lowest BCUT2D eigenvalue weighted by Crippen LogP contribution is -2.45. The van der Waals surface area contributed by atoms with Crippen molar-refractivity contribution in [2.24, 2.45) is 0 Å². The van der Waals surface area contributed by atoms with E-state index < -0.39 is 0 Å². The molecule has 20 heavy (non-hydrogen) atoms. The molecular weight excluding hydrogens is 256 g/mol. The average Bonchev–Trinajstić information content (AvgIpc) is 2.52. The quantitative estimate of drug-likeness (QED) is 0.854. The van der Waals surface area contributed by atoms with Crippen LogP contribution in [0.2, 0.25) is 0 Å². The Hall–Kier alpha value is -1.59. The first-order valence-electron chi connectivity index (χ1n) is 7.09. The maximum absolute atomic E-state index is 11.9. The van der Waals surface area contributed by atoms with Gasteiger partial charge in [0.25, 0.3) is 0 Å². The van der Waals surface area contributed by atoms with Crippen LogP contribution in [0.4, 0.5) is 4.79 Å². The van der Waals surface area contributed by atoms with E-state index in [9.17, 15) is 4.79 Å². The van der Waals surface area contributed by atoms with E-state index in [0.717, 1.165) is 18.4 Å². The highest BCUT2D eigenvalue weighted by molar-refractivity contribution is 5.67. The molecule has 0 spiro atoms. The lowest BCUT2D eigenvalue weighted by atomic mass is 10.1. The van der Waals surface area contributed by atoms with E-state index in [-0.39, 0.29) is 12.7 Å². The van der Waals surface area contributed by atoms with Crippen molar-refractivity contribution < 1.29 is 14.6 Å². The first-order chi connectivity index (χ1) is 9.79. The Morgan fingerprint density at radius 2 is 2.00 bits per heavy atom. The van der Waals surface area contributed by atoms with Crippen molar-refractivity contribution in [2.75, 3.05) is 26.2 Å². The number of piperidine rings is 1. The van der Waals surface area contributed by atoms with Gasteiger partial charge in [0, 0.05) is 25.7 Å². The molecule has 2 rings (SSSR count). The Bertz CT molecular complexity index is 403. The summed E-state index contributed by atoms with van der Waals surface area (Å²) in [6.07, 6.45) is 1.57. The second-order valence-corrected chi connectivity index (χ2v) is 4.98. The minimum atomic E-state index is -0.241. The summed E-state index contributed by atoms with van der Waals surface area (Å²) < 4.78 is 5.31. The topological polar surface area (TPSA) is 61.8 Å². The zero-order valence-corrected chi connectivity index (χ0v) is 11.6. The van der Waals surface area contributed by atoms with Crippen LogP contribution in [0.25, 0.3) is 0 Å². The molecule has 0 radical (unpaired) electrons. The van der Waals surface area contributed by atoms with Gasteiger partial charge in [-0.15, -0.1) is 0 Å². The molecule has 1 aromatic carbocycles. The highest BCUT2D eigenvalue weighted by Gasteiger charge is 2.23. The smallest absolute Gasteiger partial charge is 0.410 e. The third-order valence-electron chi connectivity index (χ3n) is 3.50. The molecule has 110 valence electrons. The van der Waals surface area contributed by atoms with Gasteiger partial charge in [-0.25, -0.2) is 4.79 Å². The molecule has 0 unspecified atom stereocenters. The van der Waals surface area contributed by atoms with Crippen LogP contribution in [-0.2, 0) is 11.3 Å². The van der Waals surface area contributed by atoms with Crippen molar-refractivity contribution in [1.29, 1.82) is 0 Å². The summed E-state index contributed by atoms with van der Waals surface area (Å²) >= 11 is 0. The SMILES string of the molecule is O=C(OCc1ccccc1)N1CCC(NCCO)CC1. The molecule has 0 aliphatic carbocycles. The Balaban J connectivity index is 1.69. The highest BCUT2D eigenvalue weighted by Crippen LogP contribution is 2.12. The van der Waals surface area contributed by atoms with Crippen LogP contribution < -0.4 is 5.32 Å². The number of hydrogen-bond acceptors (Lipinski definition) is 4. The first kappa shape index (κ1) is 14.8. The predicted molar refractivity (Wildman–Crippen MR) is 76.3 cm³/mol. The van der Waals surface area contributed by atoms with E-state index in [1.165, 1.54) is 0 Å². The minimum Gasteiger partial charge on any atom is -0.445 e. The summed E-state index contributed by atoms with van der Waals surface area (Å²) in [6, 6.07) is 10.1. The summed E-state index contributed by atoms with van der Waals surface area (Å²) in [7, 11) is 0. The lowest BCUT2D eigenvalue weighted by Gasteiger charge is -2.31. The van der Waals surface area contributed by atoms with Gasteiger partial charge in [0.1, 0.15) is 6.61 Å². The third kappa shape index (κ3) is 4.51. The van der Waals surface area contributed by atoms with Gasteiger partial charge in [0.2, 0.25) is 0 Å². The van der Waals surface area contributed by atoms with Crippen molar-refractivity contribution in [2.45, 2.75) is 25.5 Å². The number of likely N-dealkylation sites (tertiary alicyclic amines) is 1. The van der Waals surface area contributed by atoms with Crippen molar-refractivity contribution in [1.82, 2.24) is 10.2 Å². The molecule has 1 heterocycles. The fourth-order valence-corrected chi connectivity index (χ4v) is 2.35.